The van der Waals surface area contributed by atoms with Gasteiger partial charge in [-0.1, -0.05) is 20.3 Å². The molecule has 6 atom stereocenters. The summed E-state index contributed by atoms with van der Waals surface area (Å²) in [6.07, 6.45) is 0.912. The fraction of sp³-hybridized carbons (Fsp3) is 0.889. The van der Waals surface area contributed by atoms with Crippen LogP contribution in [0.25, 0.3) is 0 Å². The van der Waals surface area contributed by atoms with Crippen LogP contribution in [0.2, 0.25) is 0 Å². The molecule has 2 aliphatic carbocycles. The number of ether oxygens (including phenoxy) is 2. The Kier molecular flexibility index (Phi) is 5.11. The Bertz CT molecular complexity index is 682. The van der Waals surface area contributed by atoms with Gasteiger partial charge in [0, 0.05) is 11.8 Å². The summed E-state index contributed by atoms with van der Waals surface area (Å²) >= 11 is 0. The van der Waals surface area contributed by atoms with Gasteiger partial charge in [0.05, 0.1) is 11.5 Å². The molecule has 7 nitrogen and oxygen atoms in total. The summed E-state index contributed by atoms with van der Waals surface area (Å²) in [7, 11) is -3.70. The molecule has 2 bridgehead atoms. The van der Waals surface area contributed by atoms with Crippen molar-refractivity contribution in [3.8, 4) is 0 Å². The molecular weight excluding hydrogens is 360 g/mol. The maximum absolute atomic E-state index is 12.7. The first-order chi connectivity index (χ1) is 12.1. The summed E-state index contributed by atoms with van der Waals surface area (Å²) in [5.41, 5.74) is -0.686. The first kappa shape index (κ1) is 19.6. The molecule has 0 aromatic rings. The molecule has 148 valence electrons. The molecule has 0 amide bonds. The van der Waals surface area contributed by atoms with Gasteiger partial charge in [0.2, 0.25) is 0 Å². The predicted molar refractivity (Wildman–Crippen MR) is 92.5 cm³/mol. The Labute approximate surface area is 154 Å². The van der Waals surface area contributed by atoms with Crippen LogP contribution < -0.4 is 0 Å². The summed E-state index contributed by atoms with van der Waals surface area (Å²) in [5, 5.41) is -0.778. The van der Waals surface area contributed by atoms with Gasteiger partial charge in [0.1, 0.15) is 11.4 Å². The molecular formula is C18H28O7S. The normalized spacial score (nSPS) is 35.3. The first-order valence-electron chi connectivity index (χ1n) is 9.44. The van der Waals surface area contributed by atoms with Gasteiger partial charge >= 0.3 is 11.9 Å². The molecule has 1 saturated heterocycles. The zero-order chi connectivity index (χ0) is 19.3. The van der Waals surface area contributed by atoms with Crippen LogP contribution in [-0.2, 0) is 33.4 Å². The lowest BCUT2D eigenvalue weighted by Gasteiger charge is -2.28. The topological polar surface area (TPSA) is 96.0 Å². The molecule has 26 heavy (non-hydrogen) atoms. The minimum Gasteiger partial charge on any atom is -0.458 e. The van der Waals surface area contributed by atoms with E-state index in [4.69, 9.17) is 13.7 Å². The van der Waals surface area contributed by atoms with E-state index in [-0.39, 0.29) is 17.9 Å². The monoisotopic (exact) mass is 388 g/mol. The standard InChI is InChI=1S/C18H28O7S/c1-5-7-12(23-17(20)18(3,4)6-2)16(19)24-14-10-8-11-13(9-10)25-26(21,22)15(11)14/h10-15H,5-9H2,1-4H3. The number of esters is 2. The van der Waals surface area contributed by atoms with E-state index in [1.165, 1.54) is 0 Å². The highest BCUT2D eigenvalue weighted by atomic mass is 32.2. The highest BCUT2D eigenvalue weighted by molar-refractivity contribution is 7.87. The van der Waals surface area contributed by atoms with Crippen molar-refractivity contribution in [3.05, 3.63) is 0 Å². The van der Waals surface area contributed by atoms with Crippen molar-refractivity contribution in [2.24, 2.45) is 17.3 Å². The first-order valence-corrected chi connectivity index (χ1v) is 10.9. The molecule has 1 aliphatic heterocycles. The molecule has 0 N–H and O–H groups in total. The van der Waals surface area contributed by atoms with Crippen molar-refractivity contribution in [2.45, 2.75) is 83.4 Å². The average Bonchev–Trinajstić information content (AvgIpc) is 3.15. The van der Waals surface area contributed by atoms with Gasteiger partial charge in [-0.15, -0.1) is 0 Å². The Balaban J connectivity index is 1.70. The van der Waals surface area contributed by atoms with Crippen molar-refractivity contribution in [2.75, 3.05) is 0 Å². The van der Waals surface area contributed by atoms with Crippen molar-refractivity contribution in [3.63, 3.8) is 0 Å². The van der Waals surface area contributed by atoms with Gasteiger partial charge in [-0.3, -0.25) is 8.98 Å². The van der Waals surface area contributed by atoms with Crippen LogP contribution in [0.3, 0.4) is 0 Å². The summed E-state index contributed by atoms with van der Waals surface area (Å²) in [6.45, 7) is 7.30. The number of carbonyl (C=O) groups excluding carboxylic acids is 2. The molecule has 2 saturated carbocycles. The molecule has 0 radical (unpaired) electrons. The average molecular weight is 388 g/mol. The fourth-order valence-corrected chi connectivity index (χ4v) is 6.23. The van der Waals surface area contributed by atoms with Crippen LogP contribution in [0.1, 0.15) is 59.8 Å². The van der Waals surface area contributed by atoms with E-state index in [1.54, 1.807) is 13.8 Å². The number of carbonyl (C=O) groups is 2. The Morgan fingerprint density at radius 1 is 1.23 bits per heavy atom. The zero-order valence-corrected chi connectivity index (χ0v) is 16.6. The summed E-state index contributed by atoms with van der Waals surface area (Å²) in [5.74, 6) is -1.18. The van der Waals surface area contributed by atoms with Crippen LogP contribution in [0.15, 0.2) is 0 Å². The van der Waals surface area contributed by atoms with Crippen LogP contribution in [0.5, 0.6) is 0 Å². The lowest BCUT2D eigenvalue weighted by atomic mass is 9.90. The Morgan fingerprint density at radius 2 is 1.92 bits per heavy atom. The minimum absolute atomic E-state index is 0.00119. The zero-order valence-electron chi connectivity index (χ0n) is 15.8. The van der Waals surface area contributed by atoms with Crippen molar-refractivity contribution in [1.82, 2.24) is 0 Å². The molecule has 1 heterocycles. The molecule has 3 fully saturated rings. The van der Waals surface area contributed by atoms with Crippen LogP contribution in [0.4, 0.5) is 0 Å². The van der Waals surface area contributed by atoms with Crippen LogP contribution in [-0.4, -0.2) is 43.9 Å². The molecule has 3 aliphatic rings. The quantitative estimate of drug-likeness (QED) is 0.487. The van der Waals surface area contributed by atoms with E-state index < -0.39 is 44.9 Å². The molecule has 8 heteroatoms. The maximum Gasteiger partial charge on any atom is 0.347 e. The van der Waals surface area contributed by atoms with Gasteiger partial charge in [-0.2, -0.15) is 8.42 Å². The molecule has 6 unspecified atom stereocenters. The summed E-state index contributed by atoms with van der Waals surface area (Å²) in [6, 6.07) is 0. The van der Waals surface area contributed by atoms with Gasteiger partial charge in [-0.25, -0.2) is 4.79 Å². The second-order valence-corrected chi connectivity index (χ2v) is 10.0. The van der Waals surface area contributed by atoms with Crippen LogP contribution in [0, 0.1) is 17.3 Å². The van der Waals surface area contributed by atoms with Gasteiger partial charge in [-0.05, 0) is 39.5 Å². The second kappa shape index (κ2) is 6.78. The van der Waals surface area contributed by atoms with E-state index in [2.05, 4.69) is 0 Å². The van der Waals surface area contributed by atoms with Crippen molar-refractivity contribution < 1.29 is 31.7 Å². The van der Waals surface area contributed by atoms with E-state index in [9.17, 15) is 18.0 Å². The summed E-state index contributed by atoms with van der Waals surface area (Å²) in [4.78, 5) is 25.0. The smallest absolute Gasteiger partial charge is 0.347 e. The van der Waals surface area contributed by atoms with Gasteiger partial charge in [0.25, 0.3) is 10.1 Å². The van der Waals surface area contributed by atoms with E-state index in [0.717, 1.165) is 0 Å². The predicted octanol–water partition coefficient (Wildman–Crippen LogP) is 2.18. The van der Waals surface area contributed by atoms with Crippen LogP contribution >= 0.6 is 0 Å². The second-order valence-electron chi connectivity index (χ2n) is 8.31. The third-order valence-corrected chi connectivity index (χ3v) is 7.94. The van der Waals surface area contributed by atoms with E-state index in [0.29, 0.717) is 32.1 Å². The summed E-state index contributed by atoms with van der Waals surface area (Å²) < 4.78 is 40.6. The molecule has 0 aromatic heterocycles. The molecule has 3 rings (SSSR count). The number of hydrogen-bond acceptors (Lipinski definition) is 7. The Hall–Kier alpha value is -1.15. The largest absolute Gasteiger partial charge is 0.458 e. The van der Waals surface area contributed by atoms with Crippen molar-refractivity contribution >= 4 is 22.1 Å². The molecule has 0 spiro atoms. The number of rotatable bonds is 7. The fourth-order valence-electron chi connectivity index (χ4n) is 4.22. The van der Waals surface area contributed by atoms with E-state index in [1.807, 2.05) is 13.8 Å². The van der Waals surface area contributed by atoms with Crippen molar-refractivity contribution in [1.29, 1.82) is 0 Å². The Morgan fingerprint density at radius 3 is 2.54 bits per heavy atom. The number of hydrogen-bond donors (Lipinski definition) is 0. The third kappa shape index (κ3) is 3.26. The lowest BCUT2D eigenvalue weighted by Crippen LogP contribution is -2.43. The third-order valence-electron chi connectivity index (χ3n) is 6.14. The molecule has 0 aromatic carbocycles. The van der Waals surface area contributed by atoms with Gasteiger partial charge in [0.15, 0.2) is 6.10 Å². The maximum atomic E-state index is 12.7. The highest BCUT2D eigenvalue weighted by Gasteiger charge is 2.66. The SMILES string of the molecule is CCCC(OC(=O)C(C)(C)CC)C(=O)OC1C2CC3OS(=O)(=O)C1C3C2. The minimum atomic E-state index is -3.70. The highest BCUT2D eigenvalue weighted by Crippen LogP contribution is 2.55. The lowest BCUT2D eigenvalue weighted by molar-refractivity contribution is -0.178. The number of fused-ring (bicyclic) bond motifs is 1. The van der Waals surface area contributed by atoms with E-state index >= 15 is 0 Å². The van der Waals surface area contributed by atoms with Gasteiger partial charge < -0.3 is 9.47 Å².